The largest absolute Gasteiger partial charge is 0.384 e. The third kappa shape index (κ3) is 4.04. The number of nitrogens with zero attached hydrogens (tertiary/aromatic N) is 1. The van der Waals surface area contributed by atoms with Gasteiger partial charge in [0.15, 0.2) is 0 Å². The van der Waals surface area contributed by atoms with Crippen LogP contribution in [-0.2, 0) is 0 Å². The van der Waals surface area contributed by atoms with Gasteiger partial charge in [0.2, 0.25) is 0 Å². The Balaban J connectivity index is 1.74. The molecule has 0 atom stereocenters. The molecule has 0 saturated heterocycles. The molecule has 0 aliphatic heterocycles. The molecule has 1 N–H and O–H groups in total. The fourth-order valence-corrected chi connectivity index (χ4v) is 2.30. The summed E-state index contributed by atoms with van der Waals surface area (Å²) < 4.78 is 0. The molecule has 2 nitrogen and oxygen atoms in total. The van der Waals surface area contributed by atoms with Crippen LogP contribution in [0.2, 0.25) is 0 Å². The molecule has 0 aromatic heterocycles. The summed E-state index contributed by atoms with van der Waals surface area (Å²) in [5.41, 5.74) is 2.57. The van der Waals surface area contributed by atoms with Crippen molar-refractivity contribution in [3.05, 3.63) is 29.8 Å². The van der Waals surface area contributed by atoms with Crippen LogP contribution in [0.15, 0.2) is 24.3 Å². The summed E-state index contributed by atoms with van der Waals surface area (Å²) in [7, 11) is 0. The number of benzene rings is 1. The monoisotopic (exact) mass is 232 g/mol. The van der Waals surface area contributed by atoms with E-state index in [4.69, 9.17) is 0 Å². The Kier molecular flexibility index (Phi) is 4.43. The zero-order valence-electron chi connectivity index (χ0n) is 11.1. The van der Waals surface area contributed by atoms with Crippen molar-refractivity contribution in [3.8, 4) is 0 Å². The summed E-state index contributed by atoms with van der Waals surface area (Å²) in [5.74, 6) is 0. The van der Waals surface area contributed by atoms with Gasteiger partial charge in [-0.25, -0.2) is 0 Å². The lowest BCUT2D eigenvalue weighted by atomic mass is 10.2. The van der Waals surface area contributed by atoms with E-state index in [1.54, 1.807) is 0 Å². The second-order valence-electron chi connectivity index (χ2n) is 5.06. The first kappa shape index (κ1) is 12.4. The summed E-state index contributed by atoms with van der Waals surface area (Å²) in [4.78, 5) is 2.63. The molecule has 1 fully saturated rings. The number of anilines is 1. The van der Waals surface area contributed by atoms with Crippen LogP contribution >= 0.6 is 0 Å². The molecule has 1 aliphatic rings. The van der Waals surface area contributed by atoms with Crippen molar-refractivity contribution in [2.24, 2.45) is 0 Å². The van der Waals surface area contributed by atoms with E-state index in [0.29, 0.717) is 0 Å². The molecule has 2 rings (SSSR count). The van der Waals surface area contributed by atoms with E-state index in [1.807, 2.05) is 0 Å². The first-order valence-electron chi connectivity index (χ1n) is 6.84. The van der Waals surface area contributed by atoms with Crippen molar-refractivity contribution < 1.29 is 0 Å². The Morgan fingerprint density at radius 2 is 2.12 bits per heavy atom. The molecule has 0 spiro atoms. The molecule has 0 heterocycles. The Labute approximate surface area is 105 Å². The molecule has 0 unspecified atom stereocenters. The van der Waals surface area contributed by atoms with Gasteiger partial charge in [-0.15, -0.1) is 0 Å². The molecule has 94 valence electrons. The van der Waals surface area contributed by atoms with Gasteiger partial charge in [0.05, 0.1) is 0 Å². The van der Waals surface area contributed by atoms with Gasteiger partial charge in [0.1, 0.15) is 0 Å². The summed E-state index contributed by atoms with van der Waals surface area (Å²) in [6, 6.07) is 9.49. The molecular formula is C15H24N2. The predicted molar refractivity (Wildman–Crippen MR) is 74.6 cm³/mol. The lowest BCUT2D eigenvalue weighted by Gasteiger charge is -2.21. The van der Waals surface area contributed by atoms with E-state index in [0.717, 1.165) is 12.6 Å². The Hall–Kier alpha value is -1.02. The molecule has 2 heteroatoms. The lowest BCUT2D eigenvalue weighted by molar-refractivity contribution is 0.274. The van der Waals surface area contributed by atoms with Gasteiger partial charge >= 0.3 is 0 Å². The van der Waals surface area contributed by atoms with Crippen LogP contribution in [0.5, 0.6) is 0 Å². The molecule has 17 heavy (non-hydrogen) atoms. The maximum atomic E-state index is 3.52. The number of hydrogen-bond donors (Lipinski definition) is 1. The number of nitrogens with one attached hydrogen (secondary N) is 1. The summed E-state index contributed by atoms with van der Waals surface area (Å²) in [6.45, 7) is 7.88. The SMILES string of the molecule is CCCN(CCNc1cccc(C)c1)C1CC1. The van der Waals surface area contributed by atoms with Gasteiger partial charge < -0.3 is 5.32 Å². The van der Waals surface area contributed by atoms with Gasteiger partial charge in [-0.3, -0.25) is 4.90 Å². The fourth-order valence-electron chi connectivity index (χ4n) is 2.30. The van der Waals surface area contributed by atoms with E-state index in [-0.39, 0.29) is 0 Å². The zero-order chi connectivity index (χ0) is 12.1. The highest BCUT2D eigenvalue weighted by Crippen LogP contribution is 2.26. The Morgan fingerprint density at radius 1 is 1.29 bits per heavy atom. The average Bonchev–Trinajstić information content (AvgIpc) is 3.12. The smallest absolute Gasteiger partial charge is 0.0343 e. The quantitative estimate of drug-likeness (QED) is 0.776. The van der Waals surface area contributed by atoms with Gasteiger partial charge in [-0.2, -0.15) is 0 Å². The minimum absolute atomic E-state index is 0.884. The molecule has 0 amide bonds. The maximum absolute atomic E-state index is 3.52. The predicted octanol–water partition coefficient (Wildman–Crippen LogP) is 3.28. The third-order valence-electron chi connectivity index (χ3n) is 3.32. The van der Waals surface area contributed by atoms with Crippen molar-refractivity contribution in [1.82, 2.24) is 4.90 Å². The van der Waals surface area contributed by atoms with Crippen LogP contribution in [-0.4, -0.2) is 30.6 Å². The lowest BCUT2D eigenvalue weighted by Crippen LogP contribution is -2.31. The van der Waals surface area contributed by atoms with E-state index < -0.39 is 0 Å². The number of rotatable bonds is 7. The van der Waals surface area contributed by atoms with Gasteiger partial charge in [0.25, 0.3) is 0 Å². The van der Waals surface area contributed by atoms with Gasteiger partial charge in [-0.05, 0) is 50.4 Å². The highest BCUT2D eigenvalue weighted by molar-refractivity contribution is 5.45. The van der Waals surface area contributed by atoms with Crippen LogP contribution in [0.25, 0.3) is 0 Å². The second kappa shape index (κ2) is 6.06. The first-order valence-corrected chi connectivity index (χ1v) is 6.84. The normalized spacial score (nSPS) is 15.2. The maximum Gasteiger partial charge on any atom is 0.0343 e. The zero-order valence-corrected chi connectivity index (χ0v) is 11.1. The van der Waals surface area contributed by atoms with Crippen molar-refractivity contribution >= 4 is 5.69 Å². The standard InChI is InChI=1S/C15H24N2/c1-3-10-17(15-7-8-15)11-9-16-14-6-4-5-13(2)12-14/h4-6,12,15-16H,3,7-11H2,1-2H3. The minimum atomic E-state index is 0.884. The molecule has 1 aromatic carbocycles. The van der Waals surface area contributed by atoms with Gasteiger partial charge in [0, 0.05) is 24.8 Å². The summed E-state index contributed by atoms with van der Waals surface area (Å²) >= 11 is 0. The Morgan fingerprint density at radius 3 is 2.76 bits per heavy atom. The van der Waals surface area contributed by atoms with Crippen molar-refractivity contribution in [3.63, 3.8) is 0 Å². The molecule has 1 aliphatic carbocycles. The average molecular weight is 232 g/mol. The van der Waals surface area contributed by atoms with Crippen LogP contribution in [0.1, 0.15) is 31.7 Å². The summed E-state index contributed by atoms with van der Waals surface area (Å²) in [5, 5.41) is 3.52. The molecule has 0 bridgehead atoms. The molecule has 0 radical (unpaired) electrons. The van der Waals surface area contributed by atoms with Crippen LogP contribution < -0.4 is 5.32 Å². The van der Waals surface area contributed by atoms with Crippen LogP contribution in [0.3, 0.4) is 0 Å². The number of hydrogen-bond acceptors (Lipinski definition) is 2. The van der Waals surface area contributed by atoms with Crippen LogP contribution in [0.4, 0.5) is 5.69 Å². The highest BCUT2D eigenvalue weighted by Gasteiger charge is 2.27. The van der Waals surface area contributed by atoms with E-state index in [2.05, 4.69) is 48.3 Å². The molecule has 1 saturated carbocycles. The minimum Gasteiger partial charge on any atom is -0.384 e. The second-order valence-corrected chi connectivity index (χ2v) is 5.06. The molecule has 1 aromatic rings. The van der Waals surface area contributed by atoms with Gasteiger partial charge in [-0.1, -0.05) is 19.1 Å². The fraction of sp³-hybridized carbons (Fsp3) is 0.600. The van der Waals surface area contributed by atoms with E-state index in [9.17, 15) is 0 Å². The summed E-state index contributed by atoms with van der Waals surface area (Å²) in [6.07, 6.45) is 4.08. The van der Waals surface area contributed by atoms with Crippen LogP contribution in [0, 0.1) is 6.92 Å². The highest BCUT2D eigenvalue weighted by atomic mass is 15.2. The molecular weight excluding hydrogens is 208 g/mol. The Bertz CT molecular complexity index is 345. The number of aryl methyl sites for hydroxylation is 1. The van der Waals surface area contributed by atoms with Crippen molar-refractivity contribution in [2.75, 3.05) is 25.0 Å². The topological polar surface area (TPSA) is 15.3 Å². The van der Waals surface area contributed by atoms with E-state index >= 15 is 0 Å². The van der Waals surface area contributed by atoms with Crippen molar-refractivity contribution in [2.45, 2.75) is 39.2 Å². The van der Waals surface area contributed by atoms with Crippen molar-refractivity contribution in [1.29, 1.82) is 0 Å². The first-order chi connectivity index (χ1) is 8.29. The van der Waals surface area contributed by atoms with E-state index in [1.165, 1.54) is 43.6 Å². The third-order valence-corrected chi connectivity index (χ3v) is 3.32.